The second-order valence-electron chi connectivity index (χ2n) is 6.10. The summed E-state index contributed by atoms with van der Waals surface area (Å²) in [5.41, 5.74) is 6.52. The first kappa shape index (κ1) is 18.0. The molecule has 0 amide bonds. The molecule has 18 heavy (non-hydrogen) atoms. The van der Waals surface area contributed by atoms with Crippen LogP contribution in [0.5, 0.6) is 0 Å². The van der Waals surface area contributed by atoms with Gasteiger partial charge in [-0.2, -0.15) is 0 Å². The maximum absolute atomic E-state index is 6.44. The average molecular weight is 255 g/mol. The second kappa shape index (κ2) is 10.8. The van der Waals surface area contributed by atoms with Crippen LogP contribution in [0.4, 0.5) is 0 Å². The summed E-state index contributed by atoms with van der Waals surface area (Å²) >= 11 is 0. The quantitative estimate of drug-likeness (QED) is 0.447. The highest BCUT2D eigenvalue weighted by Gasteiger charge is 2.27. The van der Waals surface area contributed by atoms with Crippen LogP contribution in [0.25, 0.3) is 0 Å². The highest BCUT2D eigenvalue weighted by Crippen LogP contribution is 2.26. The molecular weight excluding hydrogens is 218 g/mol. The first-order chi connectivity index (χ1) is 8.60. The Morgan fingerprint density at radius 2 is 1.22 bits per heavy atom. The molecule has 0 saturated heterocycles. The van der Waals surface area contributed by atoms with Gasteiger partial charge in [0, 0.05) is 5.54 Å². The lowest BCUT2D eigenvalue weighted by Crippen LogP contribution is -2.44. The minimum atomic E-state index is 0.0845. The van der Waals surface area contributed by atoms with Gasteiger partial charge in [0.05, 0.1) is 0 Å². The van der Waals surface area contributed by atoms with Crippen molar-refractivity contribution in [2.24, 2.45) is 11.7 Å². The van der Waals surface area contributed by atoms with Crippen molar-refractivity contribution in [3.8, 4) is 0 Å². The van der Waals surface area contributed by atoms with E-state index in [-0.39, 0.29) is 5.54 Å². The Hall–Kier alpha value is -0.0400. The van der Waals surface area contributed by atoms with E-state index in [1.807, 2.05) is 0 Å². The molecule has 0 aliphatic heterocycles. The molecule has 0 heterocycles. The molecule has 0 spiro atoms. The molecule has 1 atom stereocenters. The zero-order valence-electron chi connectivity index (χ0n) is 13.4. The molecule has 0 aromatic rings. The number of nitrogens with two attached hydrogens (primary N) is 1. The van der Waals surface area contributed by atoms with Crippen LogP contribution in [0.15, 0.2) is 0 Å². The molecule has 2 N–H and O–H groups in total. The molecule has 110 valence electrons. The van der Waals surface area contributed by atoms with E-state index in [4.69, 9.17) is 5.73 Å². The van der Waals surface area contributed by atoms with Gasteiger partial charge in [-0.25, -0.2) is 0 Å². The molecule has 1 nitrogen and oxygen atoms in total. The molecule has 0 aliphatic rings. The summed E-state index contributed by atoms with van der Waals surface area (Å²) in [4.78, 5) is 0. The number of unbranched alkanes of at least 4 members (excludes halogenated alkanes) is 7. The molecule has 1 heteroatoms. The molecule has 0 aromatic heterocycles. The molecule has 0 aromatic carbocycles. The van der Waals surface area contributed by atoms with Gasteiger partial charge in [0.1, 0.15) is 0 Å². The lowest BCUT2D eigenvalue weighted by molar-refractivity contribution is 0.250. The van der Waals surface area contributed by atoms with Crippen molar-refractivity contribution in [1.29, 1.82) is 0 Å². The summed E-state index contributed by atoms with van der Waals surface area (Å²) in [5.74, 6) is 0.674. The lowest BCUT2D eigenvalue weighted by Gasteiger charge is -2.33. The van der Waals surface area contributed by atoms with Gasteiger partial charge in [-0.3, -0.25) is 0 Å². The van der Waals surface area contributed by atoms with E-state index in [0.717, 1.165) is 12.8 Å². The number of hydrogen-bond donors (Lipinski definition) is 1. The van der Waals surface area contributed by atoms with Crippen LogP contribution in [0.2, 0.25) is 0 Å². The average Bonchev–Trinajstić information content (AvgIpc) is 2.40. The summed E-state index contributed by atoms with van der Waals surface area (Å²) in [6, 6.07) is 0. The van der Waals surface area contributed by atoms with Crippen LogP contribution in [0, 0.1) is 5.92 Å². The van der Waals surface area contributed by atoms with E-state index in [2.05, 4.69) is 27.7 Å². The van der Waals surface area contributed by atoms with Crippen LogP contribution in [0.1, 0.15) is 98.3 Å². The Bertz CT molecular complexity index is 172. The van der Waals surface area contributed by atoms with Gasteiger partial charge in [-0.1, -0.05) is 79.1 Å². The van der Waals surface area contributed by atoms with E-state index < -0.39 is 0 Å². The summed E-state index contributed by atoms with van der Waals surface area (Å²) in [5, 5.41) is 0. The molecule has 0 radical (unpaired) electrons. The van der Waals surface area contributed by atoms with Gasteiger partial charge in [-0.05, 0) is 25.2 Å². The highest BCUT2D eigenvalue weighted by molar-refractivity contribution is 4.86. The molecule has 1 unspecified atom stereocenters. The molecule has 0 saturated carbocycles. The zero-order valence-corrected chi connectivity index (χ0v) is 13.4. The standard InChI is InChI=1S/C17H37N/c1-5-8-9-10-11-12-13-14-15-16(4)17(18,6-2)7-3/h16H,5-15,18H2,1-4H3. The van der Waals surface area contributed by atoms with E-state index in [1.165, 1.54) is 57.8 Å². The van der Waals surface area contributed by atoms with Crippen molar-refractivity contribution in [2.45, 2.75) is 104 Å². The Labute approximate surface area is 116 Å². The van der Waals surface area contributed by atoms with Gasteiger partial charge < -0.3 is 5.73 Å². The fourth-order valence-electron chi connectivity index (χ4n) is 2.82. The zero-order chi connectivity index (χ0) is 13.9. The third kappa shape index (κ3) is 7.41. The summed E-state index contributed by atoms with van der Waals surface area (Å²) in [6.07, 6.45) is 14.8. The first-order valence-electron chi connectivity index (χ1n) is 8.39. The van der Waals surface area contributed by atoms with Crippen LogP contribution in [-0.4, -0.2) is 5.54 Å². The smallest absolute Gasteiger partial charge is 0.0174 e. The monoisotopic (exact) mass is 255 g/mol. The molecule has 0 rings (SSSR count). The third-order valence-electron chi connectivity index (χ3n) is 4.79. The first-order valence-corrected chi connectivity index (χ1v) is 8.39. The van der Waals surface area contributed by atoms with Crippen molar-refractivity contribution in [2.75, 3.05) is 0 Å². The van der Waals surface area contributed by atoms with Gasteiger partial charge in [0.2, 0.25) is 0 Å². The van der Waals surface area contributed by atoms with E-state index in [1.54, 1.807) is 0 Å². The van der Waals surface area contributed by atoms with Crippen LogP contribution >= 0.6 is 0 Å². The molecule has 0 fully saturated rings. The predicted molar refractivity (Wildman–Crippen MR) is 83.9 cm³/mol. The predicted octanol–water partition coefficient (Wildman–Crippen LogP) is 5.67. The Kier molecular flexibility index (Phi) is 10.8. The molecule has 0 aliphatic carbocycles. The molecule has 0 bridgehead atoms. The topological polar surface area (TPSA) is 26.0 Å². The van der Waals surface area contributed by atoms with Crippen LogP contribution < -0.4 is 5.73 Å². The fraction of sp³-hybridized carbons (Fsp3) is 1.00. The minimum absolute atomic E-state index is 0.0845. The van der Waals surface area contributed by atoms with Crippen molar-refractivity contribution in [3.63, 3.8) is 0 Å². The van der Waals surface area contributed by atoms with Crippen molar-refractivity contribution in [1.82, 2.24) is 0 Å². The highest BCUT2D eigenvalue weighted by atomic mass is 14.7. The Morgan fingerprint density at radius 1 is 0.778 bits per heavy atom. The van der Waals surface area contributed by atoms with Crippen molar-refractivity contribution >= 4 is 0 Å². The van der Waals surface area contributed by atoms with Crippen molar-refractivity contribution in [3.05, 3.63) is 0 Å². The maximum atomic E-state index is 6.44. The van der Waals surface area contributed by atoms with E-state index in [9.17, 15) is 0 Å². The van der Waals surface area contributed by atoms with Gasteiger partial charge in [0.15, 0.2) is 0 Å². The minimum Gasteiger partial charge on any atom is -0.325 e. The Balaban J connectivity index is 3.48. The van der Waals surface area contributed by atoms with Crippen LogP contribution in [0.3, 0.4) is 0 Å². The number of rotatable bonds is 12. The summed E-state index contributed by atoms with van der Waals surface area (Å²) in [7, 11) is 0. The van der Waals surface area contributed by atoms with E-state index in [0.29, 0.717) is 5.92 Å². The van der Waals surface area contributed by atoms with Crippen molar-refractivity contribution < 1.29 is 0 Å². The van der Waals surface area contributed by atoms with Gasteiger partial charge >= 0.3 is 0 Å². The normalized spacial score (nSPS) is 13.8. The summed E-state index contributed by atoms with van der Waals surface area (Å²) in [6.45, 7) is 9.08. The molecular formula is C17H37N. The SMILES string of the molecule is CCCCCCCCCCC(C)C(N)(CC)CC. The van der Waals surface area contributed by atoms with Gasteiger partial charge in [0.25, 0.3) is 0 Å². The summed E-state index contributed by atoms with van der Waals surface area (Å²) < 4.78 is 0. The Morgan fingerprint density at radius 3 is 1.67 bits per heavy atom. The van der Waals surface area contributed by atoms with Crippen LogP contribution in [-0.2, 0) is 0 Å². The number of hydrogen-bond acceptors (Lipinski definition) is 1. The third-order valence-corrected chi connectivity index (χ3v) is 4.79. The van der Waals surface area contributed by atoms with E-state index >= 15 is 0 Å². The largest absolute Gasteiger partial charge is 0.325 e. The lowest BCUT2D eigenvalue weighted by atomic mass is 9.78. The maximum Gasteiger partial charge on any atom is 0.0174 e. The van der Waals surface area contributed by atoms with Gasteiger partial charge in [-0.15, -0.1) is 0 Å². The fourth-order valence-corrected chi connectivity index (χ4v) is 2.82. The second-order valence-corrected chi connectivity index (χ2v) is 6.10.